The van der Waals surface area contributed by atoms with Crippen LogP contribution in [0.5, 0.6) is 0 Å². The van der Waals surface area contributed by atoms with E-state index >= 15 is 0 Å². The molecule has 92 heavy (non-hydrogen) atoms. The first-order valence-corrected chi connectivity index (χ1v) is 29.1. The van der Waals surface area contributed by atoms with E-state index in [0.29, 0.717) is 85.6 Å². The van der Waals surface area contributed by atoms with E-state index in [-0.39, 0.29) is 121 Å². The molecular weight excluding hydrogens is 1210 g/mol. The van der Waals surface area contributed by atoms with E-state index in [1.165, 1.54) is 73.7 Å². The number of esters is 2. The van der Waals surface area contributed by atoms with Gasteiger partial charge < -0.3 is 31.1 Å². The van der Waals surface area contributed by atoms with Crippen molar-refractivity contribution in [1.29, 1.82) is 0 Å². The number of piperazine rings is 1. The van der Waals surface area contributed by atoms with Gasteiger partial charge in [0.05, 0.1) is 55.3 Å². The van der Waals surface area contributed by atoms with Gasteiger partial charge in [0, 0.05) is 63.0 Å². The van der Waals surface area contributed by atoms with E-state index in [9.17, 15) is 51.5 Å². The Morgan fingerprint density at radius 2 is 0.891 bits per heavy atom. The molecule has 5 N–H and O–H groups in total. The van der Waals surface area contributed by atoms with Crippen LogP contribution in [-0.2, 0) is 33.5 Å². The van der Waals surface area contributed by atoms with Crippen molar-refractivity contribution in [3.8, 4) is 0 Å². The summed E-state index contributed by atoms with van der Waals surface area (Å²) < 4.78 is 52.3. The molecule has 2 aliphatic rings. The predicted molar refractivity (Wildman–Crippen MR) is 342 cm³/mol. The first-order valence-electron chi connectivity index (χ1n) is 29.1. The summed E-state index contributed by atoms with van der Waals surface area (Å²) in [6, 6.07) is 33.4. The number of nitrogens with one attached hydrogen (secondary N) is 4. The third kappa shape index (κ3) is 19.3. The number of fused-ring (bicyclic) bond motifs is 3. The first-order chi connectivity index (χ1) is 42.8. The summed E-state index contributed by atoms with van der Waals surface area (Å²) in [4.78, 5) is 99.2. The van der Waals surface area contributed by atoms with Gasteiger partial charge in [0.1, 0.15) is 23.1 Å². The number of hydrogen-bond acceptors (Lipinski definition) is 14. The number of H-pyrrole nitrogens is 3. The van der Waals surface area contributed by atoms with Gasteiger partial charge >= 0.3 is 75.4 Å². The first kappa shape index (κ1) is 72.5. The molecule has 0 unspecified atom stereocenters. The van der Waals surface area contributed by atoms with Gasteiger partial charge in [0.25, 0.3) is 22.6 Å². The van der Waals surface area contributed by atoms with Gasteiger partial charge in [-0.1, -0.05) is 86.6 Å². The number of carbonyl (C=O) groups is 5. The fourth-order valence-corrected chi connectivity index (χ4v) is 9.71. The molecule has 24 heteroatoms. The Morgan fingerprint density at radius 1 is 0.533 bits per heavy atom. The quantitative estimate of drug-likeness (QED) is 0.0523. The molecule has 2 fully saturated rings. The van der Waals surface area contributed by atoms with Gasteiger partial charge in [-0.3, -0.25) is 24.0 Å². The number of carbonyl (C=O) groups excluding carboxylic acids is 4. The standard InChI is InChI=1S/C25H27FN4O4.C21H19FN2O4.C16H11FN2O3.C5H11N.CH4.K.H2.H/c1-25(2,3)34-24(33)30-12-10-29(11-13-30)23(32)19-14-16(8-9-20(19)26)15-21-17-6-4-5-7-18(17)22(31)28-27-21;1-21(2,3)20(27)28-19(26)15-10-12(8-9-16(15)22)11-17-13-6-4-5-7-14(13)18(25)24-23-17;17-13-6-5-9(7-12(13)16(21)22)8-14-10-3-1-2-4-11(10)15(20)19-18-14;1-2-4-6-5-3-1;;;;/h4-9,14H,10-13,15H2,1-3H3,(H,28,31);4-10H,11H2,1-3H3,(H,24,25);1-7H,8H2,(H,19,20)(H,21,22);6H,1-5H2;1H4;;1H;/q;;;;;+1;;-1/i;;;;;;1+1;. The minimum Gasteiger partial charge on any atom is -1.00 e. The average molecular weight is 1290 g/mol. The van der Waals surface area contributed by atoms with Crippen LogP contribution >= 0.6 is 0 Å². The van der Waals surface area contributed by atoms with Crippen molar-refractivity contribution < 1.29 is 106 Å². The molecule has 20 nitrogen and oxygen atoms in total. The maximum atomic E-state index is 14.6. The molecule has 0 atom stereocenters. The maximum Gasteiger partial charge on any atom is 1.00 e. The molecule has 0 radical (unpaired) electrons. The molecule has 0 aliphatic carbocycles. The third-order valence-electron chi connectivity index (χ3n) is 14.4. The van der Waals surface area contributed by atoms with E-state index in [0.717, 1.165) is 12.1 Å². The smallest absolute Gasteiger partial charge is 1.00 e. The van der Waals surface area contributed by atoms with Crippen LogP contribution in [0.4, 0.5) is 18.0 Å². The van der Waals surface area contributed by atoms with Gasteiger partial charge in [0.15, 0.2) is 0 Å². The van der Waals surface area contributed by atoms with Gasteiger partial charge in [-0.25, -0.2) is 42.9 Å². The maximum absolute atomic E-state index is 14.6. The van der Waals surface area contributed by atoms with E-state index in [1.807, 2.05) is 12.1 Å². The van der Waals surface area contributed by atoms with Crippen LogP contribution in [0, 0.1) is 22.9 Å². The number of halogens is 3. The topological polar surface area (TPSA) is 280 Å². The summed E-state index contributed by atoms with van der Waals surface area (Å²) >= 11 is 0. The normalized spacial score (nSPS) is 12.9. The van der Waals surface area contributed by atoms with Crippen LogP contribution in [0.2, 0.25) is 0 Å². The number of benzene rings is 6. The number of aromatic carboxylic acids is 1. The molecule has 0 saturated carbocycles. The van der Waals surface area contributed by atoms with Crippen molar-refractivity contribution in [2.45, 2.75) is 93.1 Å². The summed E-state index contributed by atoms with van der Waals surface area (Å²) in [6.45, 7) is 13.9. The van der Waals surface area contributed by atoms with Gasteiger partial charge in [0.2, 0.25) is 0 Å². The molecule has 11 rings (SSSR count). The minimum absolute atomic E-state index is 0. The Morgan fingerprint density at radius 3 is 1.25 bits per heavy atom. The molecule has 0 bridgehead atoms. The van der Waals surface area contributed by atoms with Crippen molar-refractivity contribution in [3.63, 3.8) is 0 Å². The predicted octanol–water partition coefficient (Wildman–Crippen LogP) is 7.84. The SMILES string of the molecule is C.C1CCNCC1.CC(C)(C)C(=O)OC(=O)c1cc(Cc2n[nH]c(=O)c3ccccc23)ccc1F.CC(C)(C)OC(=O)N1CCN(C(=O)c2cc(Cc3n[nH]c(=O)c4ccccc34)ccc2F)CC1.O=C(O)c1cc(Cc2n[nH]c(=O)c3ccccc23)ccc1F.[2HH].[H-].[K+]. The Labute approximate surface area is 573 Å². The molecular formula is C68H75F3KN9O11. The van der Waals surface area contributed by atoms with E-state index in [1.54, 1.807) is 113 Å². The number of carboxylic acids is 1. The molecule has 0 spiro atoms. The number of aromatic nitrogens is 6. The van der Waals surface area contributed by atoms with Gasteiger partial charge in [-0.05, 0) is 139 Å². The van der Waals surface area contributed by atoms with Crippen molar-refractivity contribution in [2.75, 3.05) is 39.3 Å². The minimum atomic E-state index is -1.32. The zero-order chi connectivity index (χ0) is 64.9. The van der Waals surface area contributed by atoms with Gasteiger partial charge in [-0.2, -0.15) is 15.3 Å². The molecule has 2 amide bonds. The summed E-state index contributed by atoms with van der Waals surface area (Å²) in [5, 5.41) is 35.4. The molecule has 2 aliphatic heterocycles. The Kier molecular flexibility index (Phi) is 25.8. The summed E-state index contributed by atoms with van der Waals surface area (Å²) in [5.74, 6) is -5.71. The van der Waals surface area contributed by atoms with Crippen LogP contribution in [0.3, 0.4) is 0 Å². The zero-order valence-electron chi connectivity index (χ0n) is 52.5. The molecule has 6 aromatic carbocycles. The number of carboxylic acid groups (broad SMARTS) is 1. The second-order valence-electron chi connectivity index (χ2n) is 23.4. The van der Waals surface area contributed by atoms with E-state index < -0.39 is 58.4 Å². The number of amides is 2. The number of rotatable bonds is 9. The number of aromatic amines is 3. The number of hydrogen-bond donors (Lipinski definition) is 5. The van der Waals surface area contributed by atoms with E-state index in [2.05, 4.69) is 35.9 Å². The van der Waals surface area contributed by atoms with Crippen LogP contribution in [0.1, 0.15) is 136 Å². The second kappa shape index (κ2) is 32.7. The van der Waals surface area contributed by atoms with Crippen LogP contribution in [0.25, 0.3) is 32.3 Å². The fraction of sp³-hybridized carbons (Fsp3) is 0.309. The molecule has 3 aromatic heterocycles. The van der Waals surface area contributed by atoms with Crippen molar-refractivity contribution in [1.82, 2.24) is 45.7 Å². The van der Waals surface area contributed by atoms with Crippen LogP contribution in [-0.4, -0.2) is 120 Å². The van der Waals surface area contributed by atoms with Crippen molar-refractivity contribution >= 4 is 62.2 Å². The number of ether oxygens (including phenoxy) is 2. The third-order valence-corrected chi connectivity index (χ3v) is 14.4. The monoisotopic (exact) mass is 1290 g/mol. The average Bonchev–Trinajstić information content (AvgIpc) is 0.846. The Balaban J connectivity index is 0.000000286. The summed E-state index contributed by atoms with van der Waals surface area (Å²) in [7, 11) is 0. The summed E-state index contributed by atoms with van der Waals surface area (Å²) in [5.41, 5.74) is 0.588. The summed E-state index contributed by atoms with van der Waals surface area (Å²) in [6.07, 6.45) is 4.66. The van der Waals surface area contributed by atoms with Gasteiger partial charge in [-0.15, -0.1) is 0 Å². The largest absolute Gasteiger partial charge is 1.00 e. The molecule has 2 saturated heterocycles. The van der Waals surface area contributed by atoms with Crippen molar-refractivity contribution in [2.24, 2.45) is 5.41 Å². The zero-order valence-corrected chi connectivity index (χ0v) is 54.6. The van der Waals surface area contributed by atoms with E-state index in [4.69, 9.17) is 14.6 Å². The molecule has 480 valence electrons. The Bertz CT molecular complexity index is 4330. The van der Waals surface area contributed by atoms with Crippen LogP contribution in [0.15, 0.2) is 142 Å². The Hall–Kier alpha value is -8.52. The number of nitrogens with zero attached hydrogens (tertiary/aromatic N) is 5. The molecule has 9 aromatic rings. The second-order valence-corrected chi connectivity index (χ2v) is 23.4. The number of piperidine rings is 1. The van der Waals surface area contributed by atoms with Crippen molar-refractivity contribution in [3.05, 3.63) is 226 Å². The fourth-order valence-electron chi connectivity index (χ4n) is 9.71. The molecule has 5 heterocycles. The van der Waals surface area contributed by atoms with Crippen LogP contribution < -0.4 is 73.4 Å².